The molecule has 6 heteroatoms. The van der Waals surface area contributed by atoms with Gasteiger partial charge in [0.05, 0.1) is 4.90 Å². The Hall–Kier alpha value is -1.66. The molecule has 3 N–H and O–H groups in total. The van der Waals surface area contributed by atoms with Crippen LogP contribution in [0.2, 0.25) is 0 Å². The molecule has 0 bridgehead atoms. The molecule has 0 saturated heterocycles. The van der Waals surface area contributed by atoms with Crippen molar-refractivity contribution in [3.63, 3.8) is 0 Å². The number of nitrogens with two attached hydrogens (primary N) is 1. The molecule has 0 amide bonds. The highest BCUT2D eigenvalue weighted by atomic mass is 32.2. The van der Waals surface area contributed by atoms with Crippen molar-refractivity contribution in [2.75, 3.05) is 0 Å². The second kappa shape index (κ2) is 6.87. The molecule has 0 spiro atoms. The van der Waals surface area contributed by atoms with Gasteiger partial charge in [-0.15, -0.1) is 0 Å². The van der Waals surface area contributed by atoms with Crippen LogP contribution >= 0.6 is 11.8 Å². The molecule has 112 valence electrons. The molecule has 0 aliphatic rings. The van der Waals surface area contributed by atoms with Crippen molar-refractivity contribution in [2.45, 2.75) is 42.8 Å². The van der Waals surface area contributed by atoms with Crippen molar-refractivity contribution in [1.29, 1.82) is 0 Å². The monoisotopic (exact) mass is 307 g/mol. The fourth-order valence-corrected chi connectivity index (χ4v) is 2.72. The maximum absolute atomic E-state index is 14.0. The van der Waals surface area contributed by atoms with Gasteiger partial charge in [0.1, 0.15) is 5.82 Å². The molecule has 1 aromatic heterocycles. The van der Waals surface area contributed by atoms with E-state index in [0.717, 1.165) is 35.9 Å². The van der Waals surface area contributed by atoms with Gasteiger partial charge >= 0.3 is 0 Å². The molecular weight excluding hydrogens is 289 g/mol. The Morgan fingerprint density at radius 2 is 2.19 bits per heavy atom. The summed E-state index contributed by atoms with van der Waals surface area (Å²) in [6.45, 7) is 3.82. The second-order valence-corrected chi connectivity index (χ2v) is 5.90. The molecule has 0 fully saturated rings. The number of halogens is 1. The number of nitrogens with one attached hydrogen (secondary N) is 1. The van der Waals surface area contributed by atoms with Gasteiger partial charge in [-0.25, -0.2) is 9.37 Å². The van der Waals surface area contributed by atoms with Crippen LogP contribution in [0.3, 0.4) is 0 Å². The van der Waals surface area contributed by atoms with Crippen molar-refractivity contribution in [1.82, 2.24) is 9.97 Å². The van der Waals surface area contributed by atoms with Gasteiger partial charge in [-0.2, -0.15) is 0 Å². The Kier molecular flexibility index (Phi) is 5.14. The molecule has 4 nitrogen and oxygen atoms in total. The van der Waals surface area contributed by atoms with Crippen LogP contribution in [0, 0.1) is 5.82 Å². The number of rotatable bonds is 5. The lowest BCUT2D eigenvalue weighted by Crippen LogP contribution is -2.10. The number of aryl methyl sites for hydroxylation is 1. The number of nitrogens with zero attached hydrogens (tertiary/aromatic N) is 1. The first-order valence-electron chi connectivity index (χ1n) is 6.82. The molecule has 0 aliphatic carbocycles. The van der Waals surface area contributed by atoms with Crippen LogP contribution in [0.25, 0.3) is 0 Å². The normalized spacial score (nSPS) is 12.4. The maximum atomic E-state index is 14.0. The van der Waals surface area contributed by atoms with E-state index < -0.39 is 0 Å². The number of hydrogen-bond acceptors (Lipinski definition) is 4. The molecule has 1 atom stereocenters. The number of aromatic amines is 1. The van der Waals surface area contributed by atoms with E-state index in [1.807, 2.05) is 6.92 Å². The molecule has 2 rings (SSSR count). The lowest BCUT2D eigenvalue weighted by Gasteiger charge is -2.08. The van der Waals surface area contributed by atoms with E-state index in [9.17, 15) is 9.18 Å². The Labute approximate surface area is 127 Å². The molecule has 0 aliphatic heterocycles. The van der Waals surface area contributed by atoms with Gasteiger partial charge < -0.3 is 10.7 Å². The lowest BCUT2D eigenvalue weighted by atomic mass is 10.1. The summed E-state index contributed by atoms with van der Waals surface area (Å²) in [4.78, 5) is 19.0. The Balaban J connectivity index is 2.27. The summed E-state index contributed by atoms with van der Waals surface area (Å²) in [6, 6.07) is 6.11. The quantitative estimate of drug-likeness (QED) is 0.833. The summed E-state index contributed by atoms with van der Waals surface area (Å²) < 4.78 is 14.0. The highest BCUT2D eigenvalue weighted by molar-refractivity contribution is 7.99. The summed E-state index contributed by atoms with van der Waals surface area (Å²) in [5.74, 6) is -0.363. The van der Waals surface area contributed by atoms with Crippen molar-refractivity contribution < 1.29 is 4.39 Å². The Bertz CT molecular complexity index is 685. The van der Waals surface area contributed by atoms with E-state index in [4.69, 9.17) is 5.73 Å². The van der Waals surface area contributed by atoms with Gasteiger partial charge in [0, 0.05) is 17.8 Å². The van der Waals surface area contributed by atoms with E-state index in [-0.39, 0.29) is 17.4 Å². The van der Waals surface area contributed by atoms with Crippen LogP contribution in [0.1, 0.15) is 37.6 Å². The topological polar surface area (TPSA) is 71.8 Å². The predicted octanol–water partition coefficient (Wildman–Crippen LogP) is 3.03. The third-order valence-electron chi connectivity index (χ3n) is 2.97. The molecular formula is C15H18FN3OS. The summed E-state index contributed by atoms with van der Waals surface area (Å²) in [5, 5.41) is 0.401. The number of aromatic nitrogens is 2. The van der Waals surface area contributed by atoms with E-state index in [1.54, 1.807) is 19.1 Å². The standard InChI is InChI=1S/C15H18FN3OS/c1-3-4-11-8-14(20)19-15(18-11)21-13-6-5-10(9(2)17)7-12(13)16/h5-9H,3-4,17H2,1-2H3,(H,18,19,20). The van der Waals surface area contributed by atoms with Crippen molar-refractivity contribution in [2.24, 2.45) is 5.73 Å². The van der Waals surface area contributed by atoms with Gasteiger partial charge in [-0.3, -0.25) is 4.79 Å². The zero-order chi connectivity index (χ0) is 15.4. The van der Waals surface area contributed by atoms with Gasteiger partial charge in [0.2, 0.25) is 0 Å². The molecule has 21 heavy (non-hydrogen) atoms. The minimum Gasteiger partial charge on any atom is -0.324 e. The molecule has 0 saturated carbocycles. The molecule has 0 radical (unpaired) electrons. The first kappa shape index (κ1) is 15.7. The fourth-order valence-electron chi connectivity index (χ4n) is 1.90. The fraction of sp³-hybridized carbons (Fsp3) is 0.333. The van der Waals surface area contributed by atoms with Gasteiger partial charge in [0.15, 0.2) is 5.16 Å². The van der Waals surface area contributed by atoms with Gasteiger partial charge in [0.25, 0.3) is 5.56 Å². The van der Waals surface area contributed by atoms with Crippen LogP contribution in [-0.2, 0) is 6.42 Å². The van der Waals surface area contributed by atoms with Crippen LogP contribution in [0.5, 0.6) is 0 Å². The van der Waals surface area contributed by atoms with E-state index >= 15 is 0 Å². The van der Waals surface area contributed by atoms with E-state index in [2.05, 4.69) is 9.97 Å². The highest BCUT2D eigenvalue weighted by Crippen LogP contribution is 2.28. The van der Waals surface area contributed by atoms with E-state index in [0.29, 0.717) is 10.1 Å². The summed E-state index contributed by atoms with van der Waals surface area (Å²) in [7, 11) is 0. The minimum absolute atomic E-state index is 0.218. The minimum atomic E-state index is -0.363. The second-order valence-electron chi connectivity index (χ2n) is 4.87. The van der Waals surface area contributed by atoms with Gasteiger partial charge in [-0.1, -0.05) is 19.4 Å². The lowest BCUT2D eigenvalue weighted by molar-refractivity contribution is 0.596. The van der Waals surface area contributed by atoms with E-state index in [1.165, 1.54) is 12.1 Å². The Morgan fingerprint density at radius 1 is 1.43 bits per heavy atom. The first-order chi connectivity index (χ1) is 9.99. The van der Waals surface area contributed by atoms with Crippen molar-refractivity contribution in [3.8, 4) is 0 Å². The number of H-pyrrole nitrogens is 1. The van der Waals surface area contributed by atoms with Crippen molar-refractivity contribution in [3.05, 3.63) is 51.7 Å². The molecule has 1 heterocycles. The van der Waals surface area contributed by atoms with Crippen LogP contribution < -0.4 is 11.3 Å². The van der Waals surface area contributed by atoms with Crippen molar-refractivity contribution >= 4 is 11.8 Å². The SMILES string of the molecule is CCCc1cc(=O)[nH]c(Sc2ccc(C(C)N)cc2F)n1. The molecule has 1 aromatic carbocycles. The maximum Gasteiger partial charge on any atom is 0.251 e. The smallest absolute Gasteiger partial charge is 0.251 e. The summed E-state index contributed by atoms with van der Waals surface area (Å²) >= 11 is 1.11. The third-order valence-corrected chi connectivity index (χ3v) is 3.91. The average Bonchev–Trinajstić information content (AvgIpc) is 2.40. The number of benzene rings is 1. The summed E-state index contributed by atoms with van der Waals surface area (Å²) in [5.41, 5.74) is 6.96. The van der Waals surface area contributed by atoms with Crippen LogP contribution in [0.4, 0.5) is 4.39 Å². The highest BCUT2D eigenvalue weighted by Gasteiger charge is 2.10. The summed E-state index contributed by atoms with van der Waals surface area (Å²) in [6.07, 6.45) is 1.63. The molecule has 2 aromatic rings. The predicted molar refractivity (Wildman–Crippen MR) is 82.0 cm³/mol. The zero-order valence-corrected chi connectivity index (χ0v) is 12.8. The van der Waals surface area contributed by atoms with Crippen LogP contribution in [-0.4, -0.2) is 9.97 Å². The third kappa shape index (κ3) is 4.15. The van der Waals surface area contributed by atoms with Gasteiger partial charge in [-0.05, 0) is 42.8 Å². The average molecular weight is 307 g/mol. The Morgan fingerprint density at radius 3 is 2.81 bits per heavy atom. The van der Waals surface area contributed by atoms with Crippen LogP contribution in [0.15, 0.2) is 39.1 Å². The zero-order valence-electron chi connectivity index (χ0n) is 12.0. The number of hydrogen-bond donors (Lipinski definition) is 2. The largest absolute Gasteiger partial charge is 0.324 e. The molecule has 1 unspecified atom stereocenters. The first-order valence-corrected chi connectivity index (χ1v) is 7.64.